The van der Waals surface area contributed by atoms with Crippen molar-refractivity contribution in [1.29, 1.82) is 0 Å². The zero-order valence-corrected chi connectivity index (χ0v) is 8.15. The Balaban J connectivity index is -0.000000180. The number of rotatable bonds is 3. The molecule has 0 saturated carbocycles. The number of hydrogen-bond donors (Lipinski definition) is 1. The number of aliphatic hydroxyl groups excluding tert-OH is 1. The van der Waals surface area contributed by atoms with E-state index in [1.165, 1.54) is 6.42 Å². The van der Waals surface area contributed by atoms with Crippen molar-refractivity contribution in [2.45, 2.75) is 26.7 Å². The summed E-state index contributed by atoms with van der Waals surface area (Å²) in [5, 5.41) is 8.47. The van der Waals surface area contributed by atoms with Gasteiger partial charge in [-0.05, 0) is 12.3 Å². The Bertz CT molecular complexity index is 44.0. The molecule has 46 valence electrons. The fourth-order valence-corrected chi connectivity index (χ4v) is 0.584. The normalized spacial score (nSPS) is 12.4. The van der Waals surface area contributed by atoms with E-state index in [4.69, 9.17) is 5.11 Å². The molecule has 0 spiro atoms. The number of aliphatic hydroxyl groups is 1. The minimum Gasteiger partial charge on any atom is -1.00 e. The Morgan fingerprint density at radius 2 is 2.12 bits per heavy atom. The van der Waals surface area contributed by atoms with E-state index >= 15 is 0 Å². The third kappa shape index (κ3) is 6.96. The maximum absolute atomic E-state index is 8.47. The first kappa shape index (κ1) is 11.7. The van der Waals surface area contributed by atoms with Crippen LogP contribution in [0, 0.1) is 5.92 Å². The van der Waals surface area contributed by atoms with Crippen molar-refractivity contribution in [3.05, 3.63) is 0 Å². The number of hydrogen-bond acceptors (Lipinski definition) is 1. The zero-order valence-electron chi connectivity index (χ0n) is 7.15. The molecule has 0 heterocycles. The van der Waals surface area contributed by atoms with Crippen LogP contribution in [0.25, 0.3) is 0 Å². The molecule has 0 fully saturated rings. The summed E-state index contributed by atoms with van der Waals surface area (Å²) in [4.78, 5) is 0. The summed E-state index contributed by atoms with van der Waals surface area (Å²) >= 11 is 0. The van der Waals surface area contributed by atoms with Crippen LogP contribution in [0.15, 0.2) is 0 Å². The summed E-state index contributed by atoms with van der Waals surface area (Å²) < 4.78 is 0. The summed E-state index contributed by atoms with van der Waals surface area (Å²) in [7, 11) is 0. The Morgan fingerprint density at radius 1 is 1.62 bits per heavy atom. The summed E-state index contributed by atoms with van der Waals surface area (Å²) in [6.07, 6.45) is 2.33. The average molecular weight is 126 g/mol. The van der Waals surface area contributed by atoms with E-state index in [0.29, 0.717) is 12.5 Å². The van der Waals surface area contributed by atoms with E-state index in [9.17, 15) is 0 Å². The van der Waals surface area contributed by atoms with Gasteiger partial charge in [-0.3, -0.25) is 0 Å². The zero-order chi connectivity index (χ0) is 5.70. The van der Waals surface area contributed by atoms with Crippen LogP contribution in [0.3, 0.4) is 0 Å². The third-order valence-corrected chi connectivity index (χ3v) is 1.09. The maximum atomic E-state index is 8.47. The molecule has 0 aliphatic carbocycles. The van der Waals surface area contributed by atoms with Crippen LogP contribution < -0.4 is 29.6 Å². The SMILES string of the molecule is CCCC(C)CO.[H-].[Na+]. The fraction of sp³-hybridized carbons (Fsp3) is 1.00. The Hall–Kier alpha value is 0.960. The monoisotopic (exact) mass is 126 g/mol. The van der Waals surface area contributed by atoms with E-state index < -0.39 is 0 Å². The molecule has 0 bridgehead atoms. The van der Waals surface area contributed by atoms with Gasteiger partial charge in [-0.15, -0.1) is 0 Å². The first-order valence-electron chi connectivity index (χ1n) is 2.92. The van der Waals surface area contributed by atoms with Gasteiger partial charge in [-0.1, -0.05) is 20.3 Å². The molecule has 0 rings (SSSR count). The van der Waals surface area contributed by atoms with Crippen LogP contribution in [-0.2, 0) is 0 Å². The van der Waals surface area contributed by atoms with Crippen molar-refractivity contribution in [3.8, 4) is 0 Å². The molecule has 0 aliphatic rings. The summed E-state index contributed by atoms with van der Waals surface area (Å²) in [5.41, 5.74) is 0. The topological polar surface area (TPSA) is 20.2 Å². The average Bonchev–Trinajstić information content (AvgIpc) is 1.68. The molecular formula is C6H15NaO. The van der Waals surface area contributed by atoms with Crippen molar-refractivity contribution in [1.82, 2.24) is 0 Å². The maximum Gasteiger partial charge on any atom is 1.00 e. The van der Waals surface area contributed by atoms with E-state index in [2.05, 4.69) is 13.8 Å². The van der Waals surface area contributed by atoms with Gasteiger partial charge in [-0.2, -0.15) is 0 Å². The van der Waals surface area contributed by atoms with Crippen LogP contribution in [0.2, 0.25) is 0 Å². The van der Waals surface area contributed by atoms with E-state index in [1.54, 1.807) is 0 Å². The van der Waals surface area contributed by atoms with Gasteiger partial charge in [0.2, 0.25) is 0 Å². The van der Waals surface area contributed by atoms with Crippen LogP contribution >= 0.6 is 0 Å². The Kier molecular flexibility index (Phi) is 11.7. The van der Waals surface area contributed by atoms with Gasteiger partial charge in [0.05, 0.1) is 0 Å². The van der Waals surface area contributed by atoms with E-state index in [1.807, 2.05) is 0 Å². The van der Waals surface area contributed by atoms with Crippen molar-refractivity contribution < 1.29 is 36.1 Å². The Morgan fingerprint density at radius 3 is 2.25 bits per heavy atom. The van der Waals surface area contributed by atoms with Gasteiger partial charge in [0, 0.05) is 6.61 Å². The van der Waals surface area contributed by atoms with E-state index in [0.717, 1.165) is 6.42 Å². The van der Waals surface area contributed by atoms with Crippen LogP contribution in [0.5, 0.6) is 0 Å². The predicted octanol–water partition coefficient (Wildman–Crippen LogP) is -1.47. The van der Waals surface area contributed by atoms with Crippen LogP contribution in [0.4, 0.5) is 0 Å². The van der Waals surface area contributed by atoms with Crippen molar-refractivity contribution >= 4 is 0 Å². The molecule has 0 radical (unpaired) electrons. The van der Waals surface area contributed by atoms with Crippen LogP contribution in [0.1, 0.15) is 28.1 Å². The van der Waals surface area contributed by atoms with Gasteiger partial charge in [0.15, 0.2) is 0 Å². The molecule has 1 atom stereocenters. The van der Waals surface area contributed by atoms with Gasteiger partial charge >= 0.3 is 29.6 Å². The second-order valence-electron chi connectivity index (χ2n) is 2.08. The third-order valence-electron chi connectivity index (χ3n) is 1.09. The molecule has 1 N–H and O–H groups in total. The summed E-state index contributed by atoms with van der Waals surface area (Å²) in [6, 6.07) is 0. The molecule has 0 aromatic heterocycles. The first-order valence-corrected chi connectivity index (χ1v) is 2.92. The van der Waals surface area contributed by atoms with Crippen LogP contribution in [-0.4, -0.2) is 11.7 Å². The summed E-state index contributed by atoms with van der Waals surface area (Å²) in [5.74, 6) is 0.505. The first-order chi connectivity index (χ1) is 3.31. The second kappa shape index (κ2) is 7.96. The molecule has 2 heteroatoms. The quantitative estimate of drug-likeness (QED) is 0.458. The minimum atomic E-state index is 0. The van der Waals surface area contributed by atoms with Crippen molar-refractivity contribution in [3.63, 3.8) is 0 Å². The molecule has 0 amide bonds. The fourth-order valence-electron chi connectivity index (χ4n) is 0.584. The van der Waals surface area contributed by atoms with Gasteiger partial charge in [0.25, 0.3) is 0 Å². The van der Waals surface area contributed by atoms with Gasteiger partial charge < -0.3 is 6.53 Å². The molecule has 0 aromatic carbocycles. The second-order valence-corrected chi connectivity index (χ2v) is 2.08. The van der Waals surface area contributed by atoms with Gasteiger partial charge in [-0.25, -0.2) is 0 Å². The van der Waals surface area contributed by atoms with Crippen molar-refractivity contribution in [2.24, 2.45) is 5.92 Å². The minimum absolute atomic E-state index is 0. The molecule has 1 unspecified atom stereocenters. The molecule has 0 aromatic rings. The van der Waals surface area contributed by atoms with Gasteiger partial charge in [0.1, 0.15) is 0 Å². The molecule has 0 saturated heterocycles. The molecule has 1 nitrogen and oxygen atoms in total. The Labute approximate surface area is 75.3 Å². The van der Waals surface area contributed by atoms with Crippen molar-refractivity contribution in [2.75, 3.05) is 6.61 Å². The smallest absolute Gasteiger partial charge is 1.00 e. The predicted molar refractivity (Wildman–Crippen MR) is 32.3 cm³/mol. The molecule has 8 heavy (non-hydrogen) atoms. The summed E-state index contributed by atoms with van der Waals surface area (Å²) in [6.45, 7) is 4.53. The van der Waals surface area contributed by atoms with E-state index in [-0.39, 0.29) is 31.0 Å². The largest absolute Gasteiger partial charge is 1.00 e. The molecule has 0 aliphatic heterocycles. The standard InChI is InChI=1S/C6H14O.Na.H/c1-3-4-6(2)5-7;;/h6-7H,3-5H2,1-2H3;;/q;+1;-1. The molecular weight excluding hydrogens is 111 g/mol.